The molecule has 0 spiro atoms. The van der Waals surface area contributed by atoms with Crippen molar-refractivity contribution in [3.63, 3.8) is 0 Å². The van der Waals surface area contributed by atoms with Gasteiger partial charge in [0.2, 0.25) is 0 Å². The van der Waals surface area contributed by atoms with Crippen LogP contribution in [0, 0.1) is 6.92 Å². The first kappa shape index (κ1) is 16.9. The Morgan fingerprint density at radius 3 is 2.30 bits per heavy atom. The number of aryl methyl sites for hydroxylation is 1. The monoisotopic (exact) mass is 298 g/mol. The van der Waals surface area contributed by atoms with Crippen LogP contribution >= 0.6 is 0 Å². The van der Waals surface area contributed by atoms with Gasteiger partial charge in [-0.05, 0) is 32.4 Å². The molecule has 0 radical (unpaired) electrons. The average Bonchev–Trinajstić information content (AvgIpc) is 2.38. The van der Waals surface area contributed by atoms with Gasteiger partial charge in [0, 0.05) is 0 Å². The molecule has 0 bridgehead atoms. The van der Waals surface area contributed by atoms with E-state index in [0.717, 1.165) is 24.8 Å². The number of unbranched alkanes of at least 4 members (excludes halogenated alkanes) is 2. The van der Waals surface area contributed by atoms with E-state index in [9.17, 15) is 13.2 Å². The zero-order valence-corrected chi connectivity index (χ0v) is 13.1. The van der Waals surface area contributed by atoms with Gasteiger partial charge in [-0.15, -0.1) is 0 Å². The number of ketones is 1. The molecule has 1 aromatic rings. The number of rotatable bonds is 8. The number of hydrogen-bond donors (Lipinski definition) is 0. The lowest BCUT2D eigenvalue weighted by Gasteiger charge is -2.14. The molecule has 0 fully saturated rings. The molecule has 1 rings (SSSR count). The predicted molar refractivity (Wildman–Crippen MR) is 78.1 cm³/mol. The van der Waals surface area contributed by atoms with Gasteiger partial charge in [-0.25, -0.2) is 0 Å². The standard InChI is InChI=1S/C15H22O4S/c1-4-5-6-7-15(13(3)16)19-20(17,18)14-10-8-12(2)9-11-14/h8-11,15H,4-7H2,1-3H3. The summed E-state index contributed by atoms with van der Waals surface area (Å²) in [4.78, 5) is 11.6. The van der Waals surface area contributed by atoms with Crippen LogP contribution in [-0.2, 0) is 19.1 Å². The third kappa shape index (κ3) is 5.06. The second kappa shape index (κ2) is 7.55. The van der Waals surface area contributed by atoms with Crippen LogP contribution in [0.4, 0.5) is 0 Å². The first-order valence-corrected chi connectivity index (χ1v) is 8.28. The Morgan fingerprint density at radius 1 is 1.20 bits per heavy atom. The minimum absolute atomic E-state index is 0.0878. The molecular formula is C15H22O4S. The van der Waals surface area contributed by atoms with Gasteiger partial charge in [0.1, 0.15) is 6.10 Å². The minimum atomic E-state index is -3.88. The maximum Gasteiger partial charge on any atom is 0.297 e. The van der Waals surface area contributed by atoms with Crippen LogP contribution in [0.15, 0.2) is 29.2 Å². The Bertz CT molecular complexity index is 531. The Balaban J connectivity index is 2.80. The number of carbonyl (C=O) groups excluding carboxylic acids is 1. The maximum atomic E-state index is 12.1. The molecule has 0 saturated carbocycles. The van der Waals surface area contributed by atoms with Gasteiger partial charge < -0.3 is 0 Å². The normalized spacial score (nSPS) is 13.2. The maximum absolute atomic E-state index is 12.1. The van der Waals surface area contributed by atoms with Crippen LogP contribution < -0.4 is 0 Å². The van der Waals surface area contributed by atoms with E-state index in [0.29, 0.717) is 6.42 Å². The number of benzene rings is 1. The fourth-order valence-electron chi connectivity index (χ4n) is 1.81. The van der Waals surface area contributed by atoms with Gasteiger partial charge in [0.25, 0.3) is 10.1 Å². The van der Waals surface area contributed by atoms with E-state index in [1.807, 2.05) is 13.8 Å². The zero-order chi connectivity index (χ0) is 15.2. The molecule has 112 valence electrons. The van der Waals surface area contributed by atoms with Crippen molar-refractivity contribution in [3.8, 4) is 0 Å². The second-order valence-electron chi connectivity index (χ2n) is 4.96. The third-order valence-electron chi connectivity index (χ3n) is 3.08. The van der Waals surface area contributed by atoms with Gasteiger partial charge in [-0.1, -0.05) is 43.9 Å². The van der Waals surface area contributed by atoms with Crippen molar-refractivity contribution >= 4 is 15.9 Å². The minimum Gasteiger partial charge on any atom is -0.297 e. The largest absolute Gasteiger partial charge is 0.297 e. The van der Waals surface area contributed by atoms with Crippen molar-refractivity contribution in [2.45, 2.75) is 57.5 Å². The van der Waals surface area contributed by atoms with Gasteiger partial charge >= 0.3 is 0 Å². The van der Waals surface area contributed by atoms with Crippen LogP contribution in [0.5, 0.6) is 0 Å². The van der Waals surface area contributed by atoms with Gasteiger partial charge in [0.05, 0.1) is 4.90 Å². The molecule has 0 saturated heterocycles. The molecule has 0 aliphatic carbocycles. The van der Waals surface area contributed by atoms with E-state index >= 15 is 0 Å². The molecule has 1 atom stereocenters. The van der Waals surface area contributed by atoms with E-state index in [4.69, 9.17) is 4.18 Å². The summed E-state index contributed by atoms with van der Waals surface area (Å²) in [5.41, 5.74) is 0.968. The topological polar surface area (TPSA) is 60.4 Å². The average molecular weight is 298 g/mol. The van der Waals surface area contributed by atoms with Gasteiger partial charge in [0.15, 0.2) is 5.78 Å². The Labute approximate surface area is 121 Å². The molecule has 5 heteroatoms. The summed E-state index contributed by atoms with van der Waals surface area (Å²) < 4.78 is 29.3. The summed E-state index contributed by atoms with van der Waals surface area (Å²) in [5, 5.41) is 0. The van der Waals surface area contributed by atoms with Crippen molar-refractivity contribution < 1.29 is 17.4 Å². The molecule has 4 nitrogen and oxygen atoms in total. The first-order valence-electron chi connectivity index (χ1n) is 6.87. The highest BCUT2D eigenvalue weighted by Crippen LogP contribution is 2.18. The summed E-state index contributed by atoms with van der Waals surface area (Å²) >= 11 is 0. The smallest absolute Gasteiger partial charge is 0.297 e. The molecule has 1 aromatic carbocycles. The Kier molecular flexibility index (Phi) is 6.36. The van der Waals surface area contributed by atoms with E-state index in [-0.39, 0.29) is 10.7 Å². The summed E-state index contributed by atoms with van der Waals surface area (Å²) in [6.07, 6.45) is 2.30. The number of carbonyl (C=O) groups is 1. The quantitative estimate of drug-likeness (QED) is 0.546. The molecule has 0 amide bonds. The lowest BCUT2D eigenvalue weighted by Crippen LogP contribution is -2.25. The SMILES string of the molecule is CCCCCC(OS(=O)(=O)c1ccc(C)cc1)C(C)=O. The molecule has 0 aliphatic rings. The highest BCUT2D eigenvalue weighted by molar-refractivity contribution is 7.86. The first-order chi connectivity index (χ1) is 9.36. The van der Waals surface area contributed by atoms with E-state index in [1.54, 1.807) is 12.1 Å². The molecule has 0 N–H and O–H groups in total. The van der Waals surface area contributed by atoms with Crippen molar-refractivity contribution in [2.24, 2.45) is 0 Å². The van der Waals surface area contributed by atoms with Crippen molar-refractivity contribution in [1.82, 2.24) is 0 Å². The fraction of sp³-hybridized carbons (Fsp3) is 0.533. The van der Waals surface area contributed by atoms with Crippen molar-refractivity contribution in [2.75, 3.05) is 0 Å². The molecule has 0 heterocycles. The van der Waals surface area contributed by atoms with Crippen LogP contribution in [0.25, 0.3) is 0 Å². The number of hydrogen-bond acceptors (Lipinski definition) is 4. The van der Waals surface area contributed by atoms with Crippen LogP contribution in [0.2, 0.25) is 0 Å². The van der Waals surface area contributed by atoms with Crippen LogP contribution in [0.1, 0.15) is 45.1 Å². The Morgan fingerprint density at radius 2 is 1.80 bits per heavy atom. The summed E-state index contributed by atoms with van der Waals surface area (Å²) in [6, 6.07) is 6.40. The van der Waals surface area contributed by atoms with E-state index in [1.165, 1.54) is 19.1 Å². The molecule has 1 unspecified atom stereocenters. The molecular weight excluding hydrogens is 276 g/mol. The molecule has 0 aromatic heterocycles. The van der Waals surface area contributed by atoms with Gasteiger partial charge in [-0.3, -0.25) is 8.98 Å². The molecule has 20 heavy (non-hydrogen) atoms. The van der Waals surface area contributed by atoms with Crippen molar-refractivity contribution in [3.05, 3.63) is 29.8 Å². The zero-order valence-electron chi connectivity index (χ0n) is 12.3. The highest BCUT2D eigenvalue weighted by Gasteiger charge is 2.24. The number of Topliss-reactive ketones (excluding diaryl/α,β-unsaturated/α-hetero) is 1. The highest BCUT2D eigenvalue weighted by atomic mass is 32.2. The third-order valence-corrected chi connectivity index (χ3v) is 4.41. The van der Waals surface area contributed by atoms with Gasteiger partial charge in [-0.2, -0.15) is 8.42 Å². The summed E-state index contributed by atoms with van der Waals surface area (Å²) in [7, 11) is -3.88. The van der Waals surface area contributed by atoms with Crippen molar-refractivity contribution in [1.29, 1.82) is 0 Å². The predicted octanol–water partition coefficient (Wildman–Crippen LogP) is 3.24. The second-order valence-corrected chi connectivity index (χ2v) is 6.53. The Hall–Kier alpha value is -1.20. The van der Waals surface area contributed by atoms with E-state index in [2.05, 4.69) is 0 Å². The van der Waals surface area contributed by atoms with E-state index < -0.39 is 16.2 Å². The van der Waals surface area contributed by atoms with Crippen LogP contribution in [0.3, 0.4) is 0 Å². The van der Waals surface area contributed by atoms with Crippen LogP contribution in [-0.4, -0.2) is 20.3 Å². The summed E-state index contributed by atoms with van der Waals surface area (Å²) in [6.45, 7) is 5.29. The fourth-order valence-corrected chi connectivity index (χ4v) is 2.93. The lowest BCUT2D eigenvalue weighted by atomic mass is 10.1. The summed E-state index contributed by atoms with van der Waals surface area (Å²) in [5.74, 6) is -0.253. The molecule has 0 aliphatic heterocycles. The lowest BCUT2D eigenvalue weighted by molar-refractivity contribution is -0.123.